The van der Waals surface area contributed by atoms with Crippen LogP contribution in [0.25, 0.3) is 10.8 Å². The molecule has 5 heteroatoms. The Hall–Kier alpha value is -1.46. The molecule has 0 fully saturated rings. The highest BCUT2D eigenvalue weighted by molar-refractivity contribution is 7.98. The fourth-order valence-corrected chi connectivity index (χ4v) is 2.63. The van der Waals surface area contributed by atoms with Gasteiger partial charge in [0.05, 0.1) is 0 Å². The summed E-state index contributed by atoms with van der Waals surface area (Å²) in [5.41, 5.74) is 0.903. The first-order valence-electron chi connectivity index (χ1n) is 6.47. The van der Waals surface area contributed by atoms with Gasteiger partial charge in [0.1, 0.15) is 5.75 Å². The van der Waals surface area contributed by atoms with Crippen molar-refractivity contribution in [3.05, 3.63) is 36.4 Å². The van der Waals surface area contributed by atoms with Crippen molar-refractivity contribution in [2.75, 3.05) is 23.9 Å². The average molecular weight is 306 g/mol. The summed E-state index contributed by atoms with van der Waals surface area (Å²) < 4.78 is 0. The van der Waals surface area contributed by atoms with Gasteiger partial charge < -0.3 is 15.7 Å². The second kappa shape index (κ2) is 7.36. The molecule has 0 bridgehead atoms. The van der Waals surface area contributed by atoms with Gasteiger partial charge in [-0.3, -0.25) is 0 Å². The van der Waals surface area contributed by atoms with E-state index in [1.165, 1.54) is 0 Å². The lowest BCUT2D eigenvalue weighted by Crippen LogP contribution is -2.29. The molecule has 0 aromatic heterocycles. The van der Waals surface area contributed by atoms with Gasteiger partial charge in [-0.05, 0) is 42.8 Å². The number of nitrogens with one attached hydrogen (secondary N) is 2. The average Bonchev–Trinajstić information content (AvgIpc) is 2.45. The van der Waals surface area contributed by atoms with Gasteiger partial charge in [-0.25, -0.2) is 0 Å². The SMILES string of the molecule is CSCCCNC(=S)Nc1cccc2c(O)cccc12. The van der Waals surface area contributed by atoms with Crippen LogP contribution in [0, 0.1) is 0 Å². The molecule has 2 rings (SSSR count). The second-order valence-corrected chi connectivity index (χ2v) is 5.80. The molecule has 0 aliphatic heterocycles. The van der Waals surface area contributed by atoms with Crippen LogP contribution in [-0.2, 0) is 0 Å². The molecular weight excluding hydrogens is 288 g/mol. The van der Waals surface area contributed by atoms with Crippen LogP contribution in [0.5, 0.6) is 5.75 Å². The molecule has 0 saturated carbocycles. The first kappa shape index (κ1) is 14.9. The lowest BCUT2D eigenvalue weighted by atomic mass is 10.1. The molecule has 0 aliphatic carbocycles. The van der Waals surface area contributed by atoms with E-state index in [2.05, 4.69) is 16.9 Å². The molecule has 20 heavy (non-hydrogen) atoms. The molecule has 0 heterocycles. The standard InChI is InChI=1S/C15H18N2OS2/c1-20-10-4-9-16-15(19)17-13-7-2-6-12-11(13)5-3-8-14(12)18/h2-3,5-8,18H,4,9-10H2,1H3,(H2,16,17,19). The predicted octanol–water partition coefficient (Wildman–Crippen LogP) is 3.58. The monoisotopic (exact) mass is 306 g/mol. The number of thiocarbonyl (C=S) groups is 1. The topological polar surface area (TPSA) is 44.3 Å². The van der Waals surface area contributed by atoms with E-state index in [4.69, 9.17) is 12.2 Å². The number of aromatic hydroxyl groups is 1. The van der Waals surface area contributed by atoms with E-state index < -0.39 is 0 Å². The summed E-state index contributed by atoms with van der Waals surface area (Å²) in [4.78, 5) is 0. The van der Waals surface area contributed by atoms with E-state index >= 15 is 0 Å². The molecule has 106 valence electrons. The van der Waals surface area contributed by atoms with E-state index in [0.29, 0.717) is 5.11 Å². The molecule has 2 aromatic carbocycles. The zero-order valence-corrected chi connectivity index (χ0v) is 13.0. The number of rotatable bonds is 5. The quantitative estimate of drug-likeness (QED) is 0.582. The first-order chi connectivity index (χ1) is 9.72. The molecule has 0 radical (unpaired) electrons. The summed E-state index contributed by atoms with van der Waals surface area (Å²) in [6.07, 6.45) is 3.18. The molecule has 0 aliphatic rings. The minimum absolute atomic E-state index is 0.282. The highest BCUT2D eigenvalue weighted by Crippen LogP contribution is 2.29. The molecule has 0 amide bonds. The van der Waals surface area contributed by atoms with Crippen molar-refractivity contribution < 1.29 is 5.11 Å². The van der Waals surface area contributed by atoms with Gasteiger partial charge in [0.2, 0.25) is 0 Å². The number of benzene rings is 2. The van der Waals surface area contributed by atoms with Crippen molar-refractivity contribution in [3.8, 4) is 5.75 Å². The largest absolute Gasteiger partial charge is 0.507 e. The Morgan fingerprint density at radius 2 is 1.95 bits per heavy atom. The van der Waals surface area contributed by atoms with Crippen LogP contribution in [0.4, 0.5) is 5.69 Å². The smallest absolute Gasteiger partial charge is 0.170 e. The Morgan fingerprint density at radius 1 is 1.20 bits per heavy atom. The maximum Gasteiger partial charge on any atom is 0.170 e. The van der Waals surface area contributed by atoms with E-state index in [1.807, 2.05) is 42.1 Å². The normalized spacial score (nSPS) is 10.4. The van der Waals surface area contributed by atoms with E-state index in [0.717, 1.165) is 35.2 Å². The fourth-order valence-electron chi connectivity index (χ4n) is 1.99. The van der Waals surface area contributed by atoms with E-state index in [-0.39, 0.29) is 5.75 Å². The van der Waals surface area contributed by atoms with Crippen LogP contribution in [0.2, 0.25) is 0 Å². The van der Waals surface area contributed by atoms with Crippen molar-refractivity contribution in [1.82, 2.24) is 5.32 Å². The zero-order valence-electron chi connectivity index (χ0n) is 11.3. The first-order valence-corrected chi connectivity index (χ1v) is 8.27. The Bertz CT molecular complexity index is 601. The van der Waals surface area contributed by atoms with Gasteiger partial charge in [-0.15, -0.1) is 0 Å². The van der Waals surface area contributed by atoms with Crippen LogP contribution >= 0.6 is 24.0 Å². The zero-order chi connectivity index (χ0) is 14.4. The number of hydrogen-bond acceptors (Lipinski definition) is 3. The number of thioether (sulfide) groups is 1. The number of phenols is 1. The van der Waals surface area contributed by atoms with Crippen LogP contribution < -0.4 is 10.6 Å². The molecule has 2 aromatic rings. The lowest BCUT2D eigenvalue weighted by Gasteiger charge is -2.12. The van der Waals surface area contributed by atoms with Crippen LogP contribution in [0.1, 0.15) is 6.42 Å². The Kier molecular flexibility index (Phi) is 5.49. The number of fused-ring (bicyclic) bond motifs is 1. The Balaban J connectivity index is 2.06. The summed E-state index contributed by atoms with van der Waals surface area (Å²) in [5.74, 6) is 1.41. The summed E-state index contributed by atoms with van der Waals surface area (Å²) in [6.45, 7) is 0.864. The molecular formula is C15H18N2OS2. The van der Waals surface area contributed by atoms with E-state index in [9.17, 15) is 5.11 Å². The number of hydrogen-bond donors (Lipinski definition) is 3. The lowest BCUT2D eigenvalue weighted by molar-refractivity contribution is 0.481. The van der Waals surface area contributed by atoms with Crippen LogP contribution in [0.3, 0.4) is 0 Å². The van der Waals surface area contributed by atoms with Crippen molar-refractivity contribution >= 4 is 45.6 Å². The number of anilines is 1. The second-order valence-electron chi connectivity index (χ2n) is 4.41. The van der Waals surface area contributed by atoms with Gasteiger partial charge >= 0.3 is 0 Å². The minimum Gasteiger partial charge on any atom is -0.507 e. The predicted molar refractivity (Wildman–Crippen MR) is 92.8 cm³/mol. The van der Waals surface area contributed by atoms with Crippen molar-refractivity contribution in [3.63, 3.8) is 0 Å². The summed E-state index contributed by atoms with van der Waals surface area (Å²) in [5, 5.41) is 18.6. The molecule has 0 atom stereocenters. The number of phenolic OH excluding ortho intramolecular Hbond substituents is 1. The third kappa shape index (κ3) is 3.77. The van der Waals surface area contributed by atoms with Gasteiger partial charge in [-0.2, -0.15) is 11.8 Å². The highest BCUT2D eigenvalue weighted by Gasteiger charge is 2.05. The maximum absolute atomic E-state index is 9.85. The highest BCUT2D eigenvalue weighted by atomic mass is 32.2. The fraction of sp³-hybridized carbons (Fsp3) is 0.267. The van der Waals surface area contributed by atoms with Crippen LogP contribution in [0.15, 0.2) is 36.4 Å². The van der Waals surface area contributed by atoms with Crippen LogP contribution in [-0.4, -0.2) is 28.8 Å². The summed E-state index contributed by atoms with van der Waals surface area (Å²) in [7, 11) is 0. The molecule has 0 spiro atoms. The minimum atomic E-state index is 0.282. The maximum atomic E-state index is 9.85. The van der Waals surface area contributed by atoms with Gasteiger partial charge in [0.25, 0.3) is 0 Å². The van der Waals surface area contributed by atoms with Gasteiger partial charge in [0, 0.05) is 23.0 Å². The molecule has 3 N–H and O–H groups in total. The molecule has 0 unspecified atom stereocenters. The Morgan fingerprint density at radius 3 is 2.75 bits per heavy atom. The molecule has 0 saturated heterocycles. The third-order valence-electron chi connectivity index (χ3n) is 2.96. The summed E-state index contributed by atoms with van der Waals surface area (Å²) in [6, 6.07) is 11.2. The van der Waals surface area contributed by atoms with Crippen molar-refractivity contribution in [1.29, 1.82) is 0 Å². The van der Waals surface area contributed by atoms with E-state index in [1.54, 1.807) is 6.07 Å². The van der Waals surface area contributed by atoms with Gasteiger partial charge in [-0.1, -0.05) is 24.3 Å². The Labute approximate surface area is 128 Å². The summed E-state index contributed by atoms with van der Waals surface area (Å²) >= 11 is 7.12. The third-order valence-corrected chi connectivity index (χ3v) is 3.90. The van der Waals surface area contributed by atoms with Gasteiger partial charge in [0.15, 0.2) is 5.11 Å². The van der Waals surface area contributed by atoms with Crippen molar-refractivity contribution in [2.45, 2.75) is 6.42 Å². The van der Waals surface area contributed by atoms with Crippen molar-refractivity contribution in [2.24, 2.45) is 0 Å². The molecule has 3 nitrogen and oxygen atoms in total.